The molecular weight excluding hydrogens is 448 g/mol. The van der Waals surface area contributed by atoms with E-state index in [1.54, 1.807) is 37.8 Å². The van der Waals surface area contributed by atoms with Crippen LogP contribution in [0.25, 0.3) is 17.2 Å². The van der Waals surface area contributed by atoms with Crippen molar-refractivity contribution >= 4 is 0 Å². The molecular formula is C27H25F2N5O. The number of fused-ring (bicyclic) bond motifs is 1. The molecule has 1 aliphatic rings. The predicted molar refractivity (Wildman–Crippen MR) is 129 cm³/mol. The van der Waals surface area contributed by atoms with E-state index in [1.807, 2.05) is 42.0 Å². The molecule has 0 aliphatic heterocycles. The first-order valence-electron chi connectivity index (χ1n) is 11.5. The highest BCUT2D eigenvalue weighted by Gasteiger charge is 2.34. The fourth-order valence-corrected chi connectivity index (χ4v) is 4.39. The van der Waals surface area contributed by atoms with Gasteiger partial charge >= 0.3 is 0 Å². The van der Waals surface area contributed by atoms with Crippen LogP contribution in [0, 0.1) is 6.92 Å². The highest BCUT2D eigenvalue weighted by molar-refractivity contribution is 5.57. The minimum Gasteiger partial charge on any atom is -0.479 e. The third kappa shape index (κ3) is 4.20. The third-order valence-corrected chi connectivity index (χ3v) is 6.25. The monoisotopic (exact) mass is 473 g/mol. The minimum atomic E-state index is -2.92. The van der Waals surface area contributed by atoms with Crippen molar-refractivity contribution in [1.29, 1.82) is 0 Å². The van der Waals surface area contributed by atoms with Gasteiger partial charge in [0.15, 0.2) is 5.82 Å². The third-order valence-electron chi connectivity index (χ3n) is 6.25. The van der Waals surface area contributed by atoms with Crippen molar-refractivity contribution in [3.63, 3.8) is 0 Å². The van der Waals surface area contributed by atoms with Gasteiger partial charge in [-0.25, -0.2) is 28.7 Å². The number of allylic oxidation sites excluding steroid dienone is 2. The van der Waals surface area contributed by atoms with Gasteiger partial charge < -0.3 is 9.30 Å². The standard InChI is InChI=1S/C27H25F2N5O/c1-4-27(28,29)21-11-6-5-9-19(21)20-10-7-8-18-14-30-25(33-24(18)20)22-12-13-23(26(32-22)35-3)34-15-17(2)31-16-34/h5-7,9-16,20H,4,8H2,1-3H3. The topological polar surface area (TPSA) is 65.7 Å². The van der Waals surface area contributed by atoms with Crippen LogP contribution in [0.3, 0.4) is 0 Å². The second-order valence-electron chi connectivity index (χ2n) is 8.51. The SMILES string of the molecule is CCC(F)(F)c1ccccc1C1C=CCc2cnc(-c3ccc(-n4cnc(C)c4)c(OC)n3)nc21. The molecule has 0 radical (unpaired) electrons. The first-order chi connectivity index (χ1) is 16.9. The number of aryl methyl sites for hydroxylation is 1. The second-order valence-corrected chi connectivity index (χ2v) is 8.51. The van der Waals surface area contributed by atoms with Gasteiger partial charge in [-0.3, -0.25) is 0 Å². The van der Waals surface area contributed by atoms with Crippen LogP contribution in [0.1, 0.15) is 47.3 Å². The summed E-state index contributed by atoms with van der Waals surface area (Å²) in [6.45, 7) is 3.40. The number of aromatic nitrogens is 5. The molecule has 0 amide bonds. The van der Waals surface area contributed by atoms with Crippen molar-refractivity contribution in [2.75, 3.05) is 7.11 Å². The van der Waals surface area contributed by atoms with Gasteiger partial charge in [-0.1, -0.05) is 43.3 Å². The molecule has 4 aromatic rings. The Bertz CT molecular complexity index is 1410. The maximum atomic E-state index is 14.8. The van der Waals surface area contributed by atoms with Crippen molar-refractivity contribution in [1.82, 2.24) is 24.5 Å². The summed E-state index contributed by atoms with van der Waals surface area (Å²) in [5.74, 6) is -2.50. The van der Waals surface area contributed by atoms with Crippen LogP contribution < -0.4 is 4.74 Å². The van der Waals surface area contributed by atoms with Crippen LogP contribution in [-0.4, -0.2) is 31.6 Å². The molecule has 178 valence electrons. The number of rotatable bonds is 6. The zero-order valence-electron chi connectivity index (χ0n) is 19.7. The summed E-state index contributed by atoms with van der Waals surface area (Å²) >= 11 is 0. The lowest BCUT2D eigenvalue weighted by molar-refractivity contribution is -0.00921. The van der Waals surface area contributed by atoms with Gasteiger partial charge in [-0.15, -0.1) is 0 Å². The molecule has 1 unspecified atom stereocenters. The summed E-state index contributed by atoms with van der Waals surface area (Å²) in [5, 5.41) is 0. The zero-order valence-corrected chi connectivity index (χ0v) is 19.7. The first kappa shape index (κ1) is 22.8. The number of hydrogen-bond acceptors (Lipinski definition) is 5. The van der Waals surface area contributed by atoms with E-state index in [1.165, 1.54) is 13.0 Å². The van der Waals surface area contributed by atoms with Crippen molar-refractivity contribution in [3.8, 4) is 23.1 Å². The number of imidazole rings is 1. The van der Waals surface area contributed by atoms with Crippen molar-refractivity contribution in [2.24, 2.45) is 0 Å². The smallest absolute Gasteiger partial charge is 0.273 e. The van der Waals surface area contributed by atoms with Gasteiger partial charge in [0.25, 0.3) is 5.92 Å². The number of alkyl halides is 2. The van der Waals surface area contributed by atoms with Crippen LogP contribution in [0.2, 0.25) is 0 Å². The van der Waals surface area contributed by atoms with E-state index in [-0.39, 0.29) is 12.0 Å². The molecule has 5 rings (SSSR count). The Morgan fingerprint density at radius 2 is 1.94 bits per heavy atom. The van der Waals surface area contributed by atoms with Gasteiger partial charge in [0.1, 0.15) is 11.4 Å². The Labute approximate surface area is 202 Å². The molecule has 0 N–H and O–H groups in total. The number of nitrogens with zero attached hydrogens (tertiary/aromatic N) is 5. The highest BCUT2D eigenvalue weighted by Crippen LogP contribution is 2.41. The average Bonchev–Trinajstić information content (AvgIpc) is 3.33. The van der Waals surface area contributed by atoms with Crippen LogP contribution in [0.5, 0.6) is 5.88 Å². The number of halogens is 2. The molecule has 0 saturated heterocycles. The number of benzene rings is 1. The van der Waals surface area contributed by atoms with Gasteiger partial charge in [0.05, 0.1) is 24.8 Å². The molecule has 3 heterocycles. The van der Waals surface area contributed by atoms with Crippen LogP contribution in [0.4, 0.5) is 8.78 Å². The highest BCUT2D eigenvalue weighted by atomic mass is 19.3. The van der Waals surface area contributed by atoms with E-state index in [0.29, 0.717) is 35.1 Å². The molecule has 0 bridgehead atoms. The Balaban J connectivity index is 1.58. The normalized spacial score (nSPS) is 15.2. The predicted octanol–water partition coefficient (Wildman–Crippen LogP) is 5.79. The molecule has 1 atom stereocenters. The molecule has 0 spiro atoms. The van der Waals surface area contributed by atoms with Crippen LogP contribution >= 0.6 is 0 Å². The molecule has 6 nitrogen and oxygen atoms in total. The molecule has 0 fully saturated rings. The summed E-state index contributed by atoms with van der Waals surface area (Å²) in [6, 6.07) is 10.4. The van der Waals surface area contributed by atoms with Gasteiger partial charge in [0, 0.05) is 30.3 Å². The maximum absolute atomic E-state index is 14.8. The molecule has 35 heavy (non-hydrogen) atoms. The van der Waals surface area contributed by atoms with E-state index in [0.717, 1.165) is 16.9 Å². The van der Waals surface area contributed by atoms with Crippen molar-refractivity contribution < 1.29 is 13.5 Å². The van der Waals surface area contributed by atoms with Crippen molar-refractivity contribution in [2.45, 2.75) is 38.5 Å². The fraction of sp³-hybridized carbons (Fsp3) is 0.259. The average molecular weight is 474 g/mol. The van der Waals surface area contributed by atoms with Crippen LogP contribution in [0.15, 0.2) is 67.3 Å². The molecule has 8 heteroatoms. The number of pyridine rings is 1. The largest absolute Gasteiger partial charge is 0.479 e. The summed E-state index contributed by atoms with van der Waals surface area (Å²) in [5.41, 5.74) is 4.36. The Morgan fingerprint density at radius 3 is 2.69 bits per heavy atom. The number of methoxy groups -OCH3 is 1. The Morgan fingerprint density at radius 1 is 1.11 bits per heavy atom. The Hall–Kier alpha value is -3.94. The lowest BCUT2D eigenvalue weighted by Gasteiger charge is -2.25. The van der Waals surface area contributed by atoms with Crippen LogP contribution in [-0.2, 0) is 12.3 Å². The quantitative estimate of drug-likeness (QED) is 0.332. The lowest BCUT2D eigenvalue weighted by atomic mass is 9.83. The molecule has 0 saturated carbocycles. The van der Waals surface area contributed by atoms with E-state index >= 15 is 0 Å². The molecule has 1 aliphatic carbocycles. The van der Waals surface area contributed by atoms with E-state index in [9.17, 15) is 8.78 Å². The van der Waals surface area contributed by atoms with E-state index in [2.05, 4.69) is 15.0 Å². The fourth-order valence-electron chi connectivity index (χ4n) is 4.39. The summed E-state index contributed by atoms with van der Waals surface area (Å²) in [6.07, 6.45) is 9.65. The van der Waals surface area contributed by atoms with Gasteiger partial charge in [0.2, 0.25) is 5.88 Å². The molecule has 3 aromatic heterocycles. The summed E-state index contributed by atoms with van der Waals surface area (Å²) in [7, 11) is 1.55. The maximum Gasteiger partial charge on any atom is 0.273 e. The van der Waals surface area contributed by atoms with Gasteiger partial charge in [-0.2, -0.15) is 0 Å². The molecule has 1 aromatic carbocycles. The lowest BCUT2D eigenvalue weighted by Crippen LogP contribution is -2.18. The summed E-state index contributed by atoms with van der Waals surface area (Å²) in [4.78, 5) is 18.2. The van der Waals surface area contributed by atoms with Gasteiger partial charge in [-0.05, 0) is 36.6 Å². The minimum absolute atomic E-state index is 0.0323. The first-order valence-corrected chi connectivity index (χ1v) is 11.5. The van der Waals surface area contributed by atoms with E-state index < -0.39 is 11.8 Å². The van der Waals surface area contributed by atoms with E-state index in [4.69, 9.17) is 9.72 Å². The zero-order chi connectivity index (χ0) is 24.6. The second kappa shape index (κ2) is 9.02. The number of hydrogen-bond donors (Lipinski definition) is 0. The van der Waals surface area contributed by atoms with Crippen molar-refractivity contribution in [3.05, 3.63) is 95.3 Å². The summed E-state index contributed by atoms with van der Waals surface area (Å²) < 4.78 is 37.0. The number of ether oxygens (including phenoxy) is 1. The Kier molecular flexibility index (Phi) is 5.88.